The molecule has 6 heteroatoms. The number of carbonyl (C=O) groups excluding carboxylic acids is 1. The minimum atomic E-state index is -0.303. The molecule has 1 aromatic heterocycles. The number of anilines is 1. The number of rotatable bonds is 6. The minimum Gasteiger partial charge on any atom is -0.396 e. The highest BCUT2D eigenvalue weighted by Crippen LogP contribution is 2.33. The van der Waals surface area contributed by atoms with Crippen molar-refractivity contribution in [2.75, 3.05) is 31.1 Å². The van der Waals surface area contributed by atoms with E-state index in [9.17, 15) is 9.90 Å². The Bertz CT molecular complexity index is 898. The third kappa shape index (κ3) is 4.48. The standard InChI is InChI=1S/C24H32N4O2/c1-24(2,16-29)15-25-23(30)18-10-7-13-28(14-18)22-19-11-6-12-20(19)26-21(27-22)17-8-4-3-5-9-17/h3-5,8-9,18,29H,6-7,10-16H2,1-2H3,(H,25,30)/t18-/m1/s1. The molecule has 1 aliphatic carbocycles. The number of aromatic nitrogens is 2. The lowest BCUT2D eigenvalue weighted by Gasteiger charge is -2.34. The highest BCUT2D eigenvalue weighted by Gasteiger charge is 2.31. The van der Waals surface area contributed by atoms with Crippen LogP contribution < -0.4 is 10.2 Å². The topological polar surface area (TPSA) is 78.4 Å². The summed E-state index contributed by atoms with van der Waals surface area (Å²) in [7, 11) is 0. The van der Waals surface area contributed by atoms with Crippen molar-refractivity contribution in [3.8, 4) is 11.4 Å². The Morgan fingerprint density at radius 2 is 2.00 bits per heavy atom. The Labute approximate surface area is 178 Å². The highest BCUT2D eigenvalue weighted by molar-refractivity contribution is 5.79. The zero-order chi connectivity index (χ0) is 21.1. The lowest BCUT2D eigenvalue weighted by atomic mass is 9.93. The van der Waals surface area contributed by atoms with E-state index in [0.717, 1.165) is 61.5 Å². The van der Waals surface area contributed by atoms with E-state index in [1.807, 2.05) is 32.0 Å². The van der Waals surface area contributed by atoms with Gasteiger partial charge in [-0.1, -0.05) is 44.2 Å². The van der Waals surface area contributed by atoms with E-state index in [1.54, 1.807) is 0 Å². The Balaban J connectivity index is 1.55. The summed E-state index contributed by atoms with van der Waals surface area (Å²) in [6.07, 6.45) is 4.99. The molecule has 160 valence electrons. The Kier molecular flexibility index (Phi) is 6.04. The number of aliphatic hydroxyl groups excluding tert-OH is 1. The number of nitrogens with zero attached hydrogens (tertiary/aromatic N) is 3. The summed E-state index contributed by atoms with van der Waals surface area (Å²) in [5.41, 5.74) is 3.15. The van der Waals surface area contributed by atoms with Gasteiger partial charge in [0.25, 0.3) is 0 Å². The lowest BCUT2D eigenvalue weighted by molar-refractivity contribution is -0.125. The van der Waals surface area contributed by atoms with E-state index in [1.165, 1.54) is 5.56 Å². The fourth-order valence-electron chi connectivity index (χ4n) is 4.30. The van der Waals surface area contributed by atoms with Gasteiger partial charge in [0.2, 0.25) is 5.91 Å². The molecule has 30 heavy (non-hydrogen) atoms. The number of carbonyl (C=O) groups is 1. The summed E-state index contributed by atoms with van der Waals surface area (Å²) >= 11 is 0. The summed E-state index contributed by atoms with van der Waals surface area (Å²) in [5.74, 6) is 1.82. The molecule has 1 aliphatic heterocycles. The van der Waals surface area contributed by atoms with Gasteiger partial charge >= 0.3 is 0 Å². The van der Waals surface area contributed by atoms with E-state index in [0.29, 0.717) is 13.1 Å². The molecule has 0 unspecified atom stereocenters. The van der Waals surface area contributed by atoms with Crippen molar-refractivity contribution in [2.45, 2.75) is 46.0 Å². The van der Waals surface area contributed by atoms with Gasteiger partial charge in [-0.15, -0.1) is 0 Å². The first-order valence-electron chi connectivity index (χ1n) is 11.1. The van der Waals surface area contributed by atoms with Gasteiger partial charge in [-0.05, 0) is 32.1 Å². The van der Waals surface area contributed by atoms with E-state index >= 15 is 0 Å². The predicted octanol–water partition coefficient (Wildman–Crippen LogP) is 2.98. The van der Waals surface area contributed by atoms with Crippen LogP contribution in [0.3, 0.4) is 0 Å². The van der Waals surface area contributed by atoms with Crippen LogP contribution in [0.1, 0.15) is 44.4 Å². The summed E-state index contributed by atoms with van der Waals surface area (Å²) in [6.45, 7) is 6.05. The number of amides is 1. The summed E-state index contributed by atoms with van der Waals surface area (Å²) in [6, 6.07) is 10.1. The lowest BCUT2D eigenvalue weighted by Crippen LogP contribution is -2.46. The van der Waals surface area contributed by atoms with Gasteiger partial charge < -0.3 is 15.3 Å². The molecule has 4 rings (SSSR count). The van der Waals surface area contributed by atoms with E-state index in [-0.39, 0.29) is 23.8 Å². The van der Waals surface area contributed by atoms with E-state index < -0.39 is 0 Å². The number of hydrogen-bond acceptors (Lipinski definition) is 5. The third-order valence-corrected chi connectivity index (χ3v) is 6.20. The largest absolute Gasteiger partial charge is 0.396 e. The maximum absolute atomic E-state index is 12.8. The second kappa shape index (κ2) is 8.72. The van der Waals surface area contributed by atoms with Crippen molar-refractivity contribution in [1.82, 2.24) is 15.3 Å². The average Bonchev–Trinajstić information content (AvgIpc) is 3.26. The Morgan fingerprint density at radius 1 is 1.20 bits per heavy atom. The van der Waals surface area contributed by atoms with Crippen molar-refractivity contribution >= 4 is 11.7 Å². The third-order valence-electron chi connectivity index (χ3n) is 6.20. The van der Waals surface area contributed by atoms with Gasteiger partial charge in [0.05, 0.1) is 5.92 Å². The summed E-state index contributed by atoms with van der Waals surface area (Å²) in [5, 5.41) is 12.5. The van der Waals surface area contributed by atoms with Gasteiger partial charge in [0.1, 0.15) is 5.82 Å². The van der Waals surface area contributed by atoms with Crippen LogP contribution in [-0.2, 0) is 17.6 Å². The molecule has 2 aromatic rings. The number of nitrogens with one attached hydrogen (secondary N) is 1. The molecule has 0 radical (unpaired) electrons. The molecule has 1 amide bonds. The number of piperidine rings is 1. The molecule has 2 aliphatic rings. The maximum Gasteiger partial charge on any atom is 0.224 e. The number of aryl methyl sites for hydroxylation is 1. The first-order chi connectivity index (χ1) is 14.5. The fourth-order valence-corrected chi connectivity index (χ4v) is 4.30. The molecular formula is C24H32N4O2. The Hall–Kier alpha value is -2.47. The molecule has 2 heterocycles. The van der Waals surface area contributed by atoms with Crippen molar-refractivity contribution in [2.24, 2.45) is 11.3 Å². The van der Waals surface area contributed by atoms with Crippen LogP contribution in [0, 0.1) is 11.3 Å². The van der Waals surface area contributed by atoms with Gasteiger partial charge in [0, 0.05) is 48.5 Å². The van der Waals surface area contributed by atoms with Crippen molar-refractivity contribution in [1.29, 1.82) is 0 Å². The SMILES string of the molecule is CC(C)(CO)CNC(=O)[C@@H]1CCCN(c2nc(-c3ccccc3)nc3c2CCC3)C1. The van der Waals surface area contributed by atoms with Crippen molar-refractivity contribution in [3.05, 3.63) is 41.6 Å². The maximum atomic E-state index is 12.8. The smallest absolute Gasteiger partial charge is 0.224 e. The molecule has 0 bridgehead atoms. The normalized spacial score (nSPS) is 18.9. The molecule has 1 saturated heterocycles. The van der Waals surface area contributed by atoms with Crippen LogP contribution in [0.5, 0.6) is 0 Å². The van der Waals surface area contributed by atoms with Crippen LogP contribution in [-0.4, -0.2) is 47.2 Å². The van der Waals surface area contributed by atoms with Crippen LogP contribution in [0.25, 0.3) is 11.4 Å². The van der Waals surface area contributed by atoms with Gasteiger partial charge in [-0.3, -0.25) is 4.79 Å². The number of hydrogen-bond donors (Lipinski definition) is 2. The highest BCUT2D eigenvalue weighted by atomic mass is 16.3. The average molecular weight is 409 g/mol. The Morgan fingerprint density at radius 3 is 2.77 bits per heavy atom. The molecule has 2 N–H and O–H groups in total. The number of benzene rings is 1. The fraction of sp³-hybridized carbons (Fsp3) is 0.542. The predicted molar refractivity (Wildman–Crippen MR) is 118 cm³/mol. The summed E-state index contributed by atoms with van der Waals surface area (Å²) in [4.78, 5) is 24.9. The molecule has 6 nitrogen and oxygen atoms in total. The molecule has 0 saturated carbocycles. The van der Waals surface area contributed by atoms with E-state index in [4.69, 9.17) is 9.97 Å². The first-order valence-corrected chi connectivity index (χ1v) is 11.1. The molecule has 1 fully saturated rings. The number of aliphatic hydroxyl groups is 1. The van der Waals surface area contributed by atoms with Crippen molar-refractivity contribution < 1.29 is 9.90 Å². The first kappa shape index (κ1) is 20.8. The van der Waals surface area contributed by atoms with E-state index in [2.05, 4.69) is 22.3 Å². The van der Waals surface area contributed by atoms with Gasteiger partial charge in [-0.25, -0.2) is 9.97 Å². The molecule has 1 atom stereocenters. The molecular weight excluding hydrogens is 376 g/mol. The van der Waals surface area contributed by atoms with Crippen LogP contribution in [0.15, 0.2) is 30.3 Å². The molecule has 1 aromatic carbocycles. The van der Waals surface area contributed by atoms with Gasteiger partial charge in [-0.2, -0.15) is 0 Å². The minimum absolute atomic E-state index is 0.0550. The second-order valence-electron chi connectivity index (χ2n) is 9.34. The number of fused-ring (bicyclic) bond motifs is 1. The molecule has 0 spiro atoms. The van der Waals surface area contributed by atoms with Crippen LogP contribution >= 0.6 is 0 Å². The quantitative estimate of drug-likeness (QED) is 0.768. The van der Waals surface area contributed by atoms with Gasteiger partial charge in [0.15, 0.2) is 5.82 Å². The van der Waals surface area contributed by atoms with Crippen molar-refractivity contribution in [3.63, 3.8) is 0 Å². The monoisotopic (exact) mass is 408 g/mol. The van der Waals surface area contributed by atoms with Crippen LogP contribution in [0.2, 0.25) is 0 Å². The summed E-state index contributed by atoms with van der Waals surface area (Å²) < 4.78 is 0. The second-order valence-corrected chi connectivity index (χ2v) is 9.34. The van der Waals surface area contributed by atoms with Crippen LogP contribution in [0.4, 0.5) is 5.82 Å². The zero-order valence-corrected chi connectivity index (χ0v) is 18.0. The zero-order valence-electron chi connectivity index (χ0n) is 18.0.